The highest BCUT2D eigenvalue weighted by Crippen LogP contribution is 2.24. The SMILES string of the molecule is CCOc1ccc(CCC[C@@H](C(=O)N2CCN(c3ccccc3C#N)CC2)[C@H](O)C(O)NO)cc1. The number of nitrogens with zero attached hydrogens (tertiary/aromatic N) is 3. The normalized spacial score (nSPS) is 16.3. The minimum atomic E-state index is -1.63. The standard InChI is InChI=1S/C26H34N4O5/c1-2-35-21-12-10-19(11-13-21)6-5-8-22(24(31)25(32)28-34)26(33)30-16-14-29(15-17-30)23-9-4-3-7-20(23)18-27/h3-4,7,9-13,22,24-25,28,31-32,34H,2,5-6,8,14-17H2,1H3/t22-,24+,25?/m1/s1. The van der Waals surface area contributed by atoms with Gasteiger partial charge in [-0.05, 0) is 56.0 Å². The second-order valence-electron chi connectivity index (χ2n) is 8.58. The van der Waals surface area contributed by atoms with Crippen LogP contribution in [0.2, 0.25) is 0 Å². The Balaban J connectivity index is 1.61. The Morgan fingerprint density at radius 1 is 1.11 bits per heavy atom. The topological polar surface area (TPSA) is 129 Å². The molecule has 1 aliphatic rings. The number of hydrogen-bond donors (Lipinski definition) is 4. The van der Waals surface area contributed by atoms with Gasteiger partial charge in [0.05, 0.1) is 23.8 Å². The lowest BCUT2D eigenvalue weighted by molar-refractivity contribution is -0.149. The van der Waals surface area contributed by atoms with Crippen LogP contribution in [0.5, 0.6) is 5.75 Å². The molecule has 2 aromatic carbocycles. The highest BCUT2D eigenvalue weighted by atomic mass is 16.5. The zero-order valence-electron chi connectivity index (χ0n) is 20.0. The maximum absolute atomic E-state index is 13.3. The summed E-state index contributed by atoms with van der Waals surface area (Å²) in [4.78, 5) is 17.1. The predicted molar refractivity (Wildman–Crippen MR) is 131 cm³/mol. The van der Waals surface area contributed by atoms with Crippen molar-refractivity contribution in [1.82, 2.24) is 10.4 Å². The largest absolute Gasteiger partial charge is 0.494 e. The van der Waals surface area contributed by atoms with Crippen molar-refractivity contribution in [2.75, 3.05) is 37.7 Å². The van der Waals surface area contributed by atoms with Crippen LogP contribution in [-0.4, -0.2) is 71.3 Å². The average Bonchev–Trinajstić information content (AvgIpc) is 2.91. The van der Waals surface area contributed by atoms with E-state index in [1.54, 1.807) is 16.4 Å². The van der Waals surface area contributed by atoms with Crippen LogP contribution >= 0.6 is 0 Å². The number of aliphatic hydroxyl groups excluding tert-OH is 2. The Labute approximate surface area is 206 Å². The second kappa shape index (κ2) is 13.1. The molecular formula is C26H34N4O5. The number of amides is 1. The van der Waals surface area contributed by atoms with Crippen LogP contribution in [0.15, 0.2) is 48.5 Å². The van der Waals surface area contributed by atoms with Crippen LogP contribution in [0.25, 0.3) is 0 Å². The summed E-state index contributed by atoms with van der Waals surface area (Å²) in [5.74, 6) is -0.328. The molecular weight excluding hydrogens is 448 g/mol. The highest BCUT2D eigenvalue weighted by Gasteiger charge is 2.35. The first-order chi connectivity index (χ1) is 17.0. The van der Waals surface area contributed by atoms with E-state index in [2.05, 4.69) is 11.0 Å². The van der Waals surface area contributed by atoms with Gasteiger partial charge in [-0.2, -0.15) is 10.7 Å². The number of hydroxylamine groups is 1. The first-order valence-electron chi connectivity index (χ1n) is 12.0. The first kappa shape index (κ1) is 26.4. The van der Waals surface area contributed by atoms with Crippen molar-refractivity contribution < 1.29 is 25.0 Å². The van der Waals surface area contributed by atoms with Gasteiger partial charge in [0.1, 0.15) is 17.9 Å². The minimum absolute atomic E-state index is 0.258. The van der Waals surface area contributed by atoms with Crippen molar-refractivity contribution in [3.63, 3.8) is 0 Å². The van der Waals surface area contributed by atoms with Crippen molar-refractivity contribution in [3.05, 3.63) is 59.7 Å². The summed E-state index contributed by atoms with van der Waals surface area (Å²) < 4.78 is 5.46. The van der Waals surface area contributed by atoms with E-state index in [1.165, 1.54) is 0 Å². The molecule has 0 radical (unpaired) electrons. The number of carbonyl (C=O) groups is 1. The molecule has 1 amide bonds. The van der Waals surface area contributed by atoms with Crippen LogP contribution in [0.1, 0.15) is 30.9 Å². The molecule has 4 N–H and O–H groups in total. The van der Waals surface area contributed by atoms with Gasteiger partial charge < -0.3 is 30.0 Å². The maximum atomic E-state index is 13.3. The third kappa shape index (κ3) is 6.93. The molecule has 0 spiro atoms. The van der Waals surface area contributed by atoms with E-state index < -0.39 is 18.2 Å². The Kier molecular flexibility index (Phi) is 9.87. The Hall–Kier alpha value is -3.16. The van der Waals surface area contributed by atoms with E-state index in [0.717, 1.165) is 17.0 Å². The summed E-state index contributed by atoms with van der Waals surface area (Å²) >= 11 is 0. The lowest BCUT2D eigenvalue weighted by Crippen LogP contribution is -2.54. The van der Waals surface area contributed by atoms with Gasteiger partial charge in [0.2, 0.25) is 5.91 Å². The Morgan fingerprint density at radius 2 is 1.80 bits per heavy atom. The maximum Gasteiger partial charge on any atom is 0.228 e. The van der Waals surface area contributed by atoms with Crippen LogP contribution in [0, 0.1) is 17.2 Å². The van der Waals surface area contributed by atoms with Crippen LogP contribution < -0.4 is 15.1 Å². The lowest BCUT2D eigenvalue weighted by Gasteiger charge is -2.39. The number of aliphatic hydroxyl groups is 2. The van der Waals surface area contributed by atoms with Gasteiger partial charge in [0.25, 0.3) is 0 Å². The second-order valence-corrected chi connectivity index (χ2v) is 8.58. The average molecular weight is 483 g/mol. The van der Waals surface area contributed by atoms with Crippen molar-refractivity contribution in [1.29, 1.82) is 5.26 Å². The zero-order valence-corrected chi connectivity index (χ0v) is 20.0. The summed E-state index contributed by atoms with van der Waals surface area (Å²) in [5, 5.41) is 39.0. The number of aryl methyl sites for hydroxylation is 1. The molecule has 9 nitrogen and oxygen atoms in total. The molecule has 3 rings (SSSR count). The summed E-state index contributed by atoms with van der Waals surface area (Å²) in [6.45, 7) is 4.51. The van der Waals surface area contributed by atoms with Gasteiger partial charge in [-0.1, -0.05) is 24.3 Å². The fourth-order valence-electron chi connectivity index (χ4n) is 4.43. The molecule has 0 saturated carbocycles. The molecule has 0 bridgehead atoms. The van der Waals surface area contributed by atoms with Gasteiger partial charge in [-0.15, -0.1) is 0 Å². The molecule has 1 fully saturated rings. The minimum Gasteiger partial charge on any atom is -0.494 e. The number of rotatable bonds is 11. The molecule has 1 heterocycles. The summed E-state index contributed by atoms with van der Waals surface area (Å²) in [6.07, 6.45) is -1.41. The summed E-state index contributed by atoms with van der Waals surface area (Å²) in [7, 11) is 0. The fourth-order valence-corrected chi connectivity index (χ4v) is 4.43. The molecule has 1 aliphatic heterocycles. The number of hydrogen-bond acceptors (Lipinski definition) is 8. The number of para-hydroxylation sites is 1. The molecule has 1 saturated heterocycles. The Bertz CT molecular complexity index is 986. The molecule has 3 atom stereocenters. The molecule has 0 aromatic heterocycles. The van der Waals surface area contributed by atoms with Gasteiger partial charge in [0, 0.05) is 26.2 Å². The first-order valence-corrected chi connectivity index (χ1v) is 12.0. The predicted octanol–water partition coefficient (Wildman–Crippen LogP) is 1.90. The number of nitriles is 1. The van der Waals surface area contributed by atoms with E-state index in [4.69, 9.17) is 9.94 Å². The number of piperazine rings is 1. The summed E-state index contributed by atoms with van der Waals surface area (Å²) in [6, 6.07) is 17.3. The molecule has 1 unspecified atom stereocenters. The number of benzene rings is 2. The van der Waals surface area contributed by atoms with Crippen LogP contribution in [-0.2, 0) is 11.2 Å². The van der Waals surface area contributed by atoms with Crippen LogP contribution in [0.4, 0.5) is 5.69 Å². The quantitative estimate of drug-likeness (QED) is 0.282. The number of ether oxygens (including phenoxy) is 1. The zero-order chi connectivity index (χ0) is 25.2. The van der Waals surface area contributed by atoms with Crippen molar-refractivity contribution in [2.45, 2.75) is 38.5 Å². The van der Waals surface area contributed by atoms with E-state index in [9.17, 15) is 20.3 Å². The highest BCUT2D eigenvalue weighted by molar-refractivity contribution is 5.80. The van der Waals surface area contributed by atoms with E-state index in [0.29, 0.717) is 57.6 Å². The lowest BCUT2D eigenvalue weighted by atomic mass is 9.91. The van der Waals surface area contributed by atoms with E-state index in [1.807, 2.05) is 49.4 Å². The van der Waals surface area contributed by atoms with Gasteiger partial charge >= 0.3 is 0 Å². The van der Waals surface area contributed by atoms with Gasteiger partial charge in [0.15, 0.2) is 6.23 Å². The smallest absolute Gasteiger partial charge is 0.228 e. The summed E-state index contributed by atoms with van der Waals surface area (Å²) in [5.41, 5.74) is 4.17. The monoisotopic (exact) mass is 482 g/mol. The molecule has 2 aromatic rings. The van der Waals surface area contributed by atoms with Crippen molar-refractivity contribution in [3.8, 4) is 11.8 Å². The van der Waals surface area contributed by atoms with Crippen LogP contribution in [0.3, 0.4) is 0 Å². The molecule has 9 heteroatoms. The van der Waals surface area contributed by atoms with Gasteiger partial charge in [-0.25, -0.2) is 0 Å². The number of carbonyl (C=O) groups excluding carboxylic acids is 1. The van der Waals surface area contributed by atoms with Gasteiger partial charge in [-0.3, -0.25) is 4.79 Å². The molecule has 0 aliphatic carbocycles. The van der Waals surface area contributed by atoms with Crippen molar-refractivity contribution in [2.24, 2.45) is 5.92 Å². The number of nitrogens with one attached hydrogen (secondary N) is 1. The van der Waals surface area contributed by atoms with Crippen molar-refractivity contribution >= 4 is 11.6 Å². The molecule has 188 valence electrons. The van der Waals surface area contributed by atoms with E-state index >= 15 is 0 Å². The fraction of sp³-hybridized carbons (Fsp3) is 0.462. The third-order valence-corrected chi connectivity index (χ3v) is 6.36. The van der Waals surface area contributed by atoms with E-state index in [-0.39, 0.29) is 5.91 Å². The molecule has 35 heavy (non-hydrogen) atoms. The Morgan fingerprint density at radius 3 is 2.43 bits per heavy atom. The third-order valence-electron chi connectivity index (χ3n) is 6.36. The number of anilines is 1.